The quantitative estimate of drug-likeness (QED) is 0.870. The van der Waals surface area contributed by atoms with E-state index < -0.39 is 0 Å². The van der Waals surface area contributed by atoms with Crippen LogP contribution in [0.25, 0.3) is 0 Å². The number of hydrogen-bond acceptors (Lipinski definition) is 3. The minimum atomic E-state index is -0.285. The van der Waals surface area contributed by atoms with Crippen molar-refractivity contribution in [2.24, 2.45) is 5.92 Å². The Morgan fingerprint density at radius 2 is 2.00 bits per heavy atom. The van der Waals surface area contributed by atoms with E-state index in [0.717, 1.165) is 18.4 Å². The van der Waals surface area contributed by atoms with Crippen molar-refractivity contribution in [3.63, 3.8) is 0 Å². The van der Waals surface area contributed by atoms with Crippen molar-refractivity contribution in [3.8, 4) is 0 Å². The molecule has 2 rings (SSSR count). The number of aliphatic hydroxyl groups excluding tert-OH is 1. The highest BCUT2D eigenvalue weighted by Crippen LogP contribution is 2.25. The van der Waals surface area contributed by atoms with Crippen LogP contribution in [0.5, 0.6) is 0 Å². The number of carbonyl (C=O) groups excluding carboxylic acids is 1. The summed E-state index contributed by atoms with van der Waals surface area (Å²) in [5.74, 6) is 2.90. The molecule has 0 radical (unpaired) electrons. The van der Waals surface area contributed by atoms with Crippen LogP contribution in [0, 0.1) is 5.92 Å². The molecule has 0 saturated carbocycles. The zero-order valence-electron chi connectivity index (χ0n) is 11.0. The molecular weight excluding hydrogens is 258 g/mol. The average molecular weight is 279 g/mol. The second-order valence-corrected chi connectivity index (χ2v) is 6.20. The van der Waals surface area contributed by atoms with E-state index in [1.54, 1.807) is 0 Å². The minimum absolute atomic E-state index is 0.0554. The predicted molar refractivity (Wildman–Crippen MR) is 79.1 cm³/mol. The third-order valence-electron chi connectivity index (χ3n) is 3.53. The van der Waals surface area contributed by atoms with Crippen LogP contribution in [0.3, 0.4) is 0 Å². The Hall–Kier alpha value is -1.00. The lowest BCUT2D eigenvalue weighted by molar-refractivity contribution is -0.123. The highest BCUT2D eigenvalue weighted by atomic mass is 32.2. The fourth-order valence-corrected chi connectivity index (χ4v) is 3.59. The first-order chi connectivity index (χ1) is 9.29. The van der Waals surface area contributed by atoms with Gasteiger partial charge in [0.05, 0.1) is 12.6 Å². The molecule has 0 aliphatic carbocycles. The monoisotopic (exact) mass is 279 g/mol. The molecule has 1 unspecified atom stereocenters. The molecule has 1 heterocycles. The molecule has 2 N–H and O–H groups in total. The summed E-state index contributed by atoms with van der Waals surface area (Å²) in [5.41, 5.74) is 0.956. The van der Waals surface area contributed by atoms with E-state index in [0.29, 0.717) is 12.3 Å². The number of nitrogens with one attached hydrogen (secondary N) is 1. The van der Waals surface area contributed by atoms with Gasteiger partial charge in [0.25, 0.3) is 0 Å². The van der Waals surface area contributed by atoms with Crippen LogP contribution in [0.2, 0.25) is 0 Å². The maximum Gasteiger partial charge on any atom is 0.220 e. The van der Waals surface area contributed by atoms with E-state index in [2.05, 4.69) is 5.32 Å². The van der Waals surface area contributed by atoms with Crippen LogP contribution in [0.1, 0.15) is 30.9 Å². The van der Waals surface area contributed by atoms with Gasteiger partial charge >= 0.3 is 0 Å². The summed E-state index contributed by atoms with van der Waals surface area (Å²) >= 11 is 1.97. The van der Waals surface area contributed by atoms with Gasteiger partial charge in [0.1, 0.15) is 0 Å². The molecular formula is C15H21NO2S. The average Bonchev–Trinajstić information content (AvgIpc) is 2.47. The Morgan fingerprint density at radius 3 is 2.63 bits per heavy atom. The van der Waals surface area contributed by atoms with Crippen molar-refractivity contribution in [2.75, 3.05) is 18.1 Å². The Balaban J connectivity index is 1.85. The molecule has 1 aliphatic heterocycles. The van der Waals surface area contributed by atoms with E-state index in [9.17, 15) is 9.90 Å². The highest BCUT2D eigenvalue weighted by Gasteiger charge is 2.19. The Kier molecular flexibility index (Phi) is 5.73. The van der Waals surface area contributed by atoms with Crippen LogP contribution in [0.4, 0.5) is 0 Å². The molecule has 1 saturated heterocycles. The largest absolute Gasteiger partial charge is 0.394 e. The molecule has 0 spiro atoms. The highest BCUT2D eigenvalue weighted by molar-refractivity contribution is 7.99. The number of benzene rings is 1. The molecule has 1 aliphatic rings. The third kappa shape index (κ3) is 4.55. The summed E-state index contributed by atoms with van der Waals surface area (Å²) in [6, 6.07) is 9.34. The third-order valence-corrected chi connectivity index (χ3v) is 4.58. The molecule has 104 valence electrons. The molecule has 0 aromatic heterocycles. The SMILES string of the molecule is O=C(CC1CCSCC1)NC(CO)c1ccccc1. The van der Waals surface area contributed by atoms with Gasteiger partial charge in [-0.25, -0.2) is 0 Å². The standard InChI is InChI=1S/C15H21NO2S/c17-11-14(13-4-2-1-3-5-13)16-15(18)10-12-6-8-19-9-7-12/h1-5,12,14,17H,6-11H2,(H,16,18). The fourth-order valence-electron chi connectivity index (χ4n) is 2.39. The zero-order chi connectivity index (χ0) is 13.5. The van der Waals surface area contributed by atoms with E-state index in [4.69, 9.17) is 0 Å². The summed E-state index contributed by atoms with van der Waals surface area (Å²) in [7, 11) is 0. The first-order valence-electron chi connectivity index (χ1n) is 6.82. The number of thioether (sulfide) groups is 1. The zero-order valence-corrected chi connectivity index (χ0v) is 11.9. The van der Waals surface area contributed by atoms with Gasteiger partial charge in [-0.15, -0.1) is 0 Å². The Bertz CT molecular complexity index is 390. The lowest BCUT2D eigenvalue weighted by Gasteiger charge is -2.22. The smallest absolute Gasteiger partial charge is 0.220 e. The fraction of sp³-hybridized carbons (Fsp3) is 0.533. The number of amides is 1. The second kappa shape index (κ2) is 7.56. The van der Waals surface area contributed by atoms with E-state index in [1.807, 2.05) is 42.1 Å². The summed E-state index contributed by atoms with van der Waals surface area (Å²) < 4.78 is 0. The first-order valence-corrected chi connectivity index (χ1v) is 7.98. The van der Waals surface area contributed by atoms with Crippen molar-refractivity contribution in [1.29, 1.82) is 0 Å². The molecule has 1 aromatic rings. The van der Waals surface area contributed by atoms with Gasteiger partial charge in [-0.2, -0.15) is 11.8 Å². The van der Waals surface area contributed by atoms with Gasteiger partial charge in [0, 0.05) is 6.42 Å². The van der Waals surface area contributed by atoms with Crippen LogP contribution < -0.4 is 5.32 Å². The lowest BCUT2D eigenvalue weighted by atomic mass is 9.98. The topological polar surface area (TPSA) is 49.3 Å². The summed E-state index contributed by atoms with van der Waals surface area (Å²) in [5, 5.41) is 12.4. The molecule has 1 aromatic carbocycles. The summed E-state index contributed by atoms with van der Waals surface area (Å²) in [4.78, 5) is 12.0. The normalized spacial score (nSPS) is 17.9. The van der Waals surface area contributed by atoms with E-state index in [1.165, 1.54) is 11.5 Å². The van der Waals surface area contributed by atoms with Crippen LogP contribution >= 0.6 is 11.8 Å². The number of hydrogen-bond donors (Lipinski definition) is 2. The predicted octanol–water partition coefficient (Wildman–Crippen LogP) is 2.37. The van der Waals surface area contributed by atoms with Crippen molar-refractivity contribution in [3.05, 3.63) is 35.9 Å². The lowest BCUT2D eigenvalue weighted by Crippen LogP contribution is -2.32. The number of carbonyl (C=O) groups is 1. The van der Waals surface area contributed by atoms with E-state index in [-0.39, 0.29) is 18.6 Å². The van der Waals surface area contributed by atoms with Crippen molar-refractivity contribution in [2.45, 2.75) is 25.3 Å². The first kappa shape index (κ1) is 14.4. The minimum Gasteiger partial charge on any atom is -0.394 e. The molecule has 1 amide bonds. The molecule has 1 atom stereocenters. The second-order valence-electron chi connectivity index (χ2n) is 4.97. The number of aliphatic hydroxyl groups is 1. The van der Waals surface area contributed by atoms with Gasteiger partial charge in [0.2, 0.25) is 5.91 Å². The maximum absolute atomic E-state index is 12.0. The van der Waals surface area contributed by atoms with Crippen molar-refractivity contribution < 1.29 is 9.90 Å². The summed E-state index contributed by atoms with van der Waals surface area (Å²) in [6.07, 6.45) is 2.85. The van der Waals surface area contributed by atoms with Crippen molar-refractivity contribution in [1.82, 2.24) is 5.32 Å². The Morgan fingerprint density at radius 1 is 1.32 bits per heavy atom. The molecule has 3 nitrogen and oxygen atoms in total. The van der Waals surface area contributed by atoms with Gasteiger partial charge in [-0.1, -0.05) is 30.3 Å². The van der Waals surface area contributed by atoms with E-state index >= 15 is 0 Å². The Labute approximate surface area is 118 Å². The molecule has 19 heavy (non-hydrogen) atoms. The number of rotatable bonds is 5. The molecule has 4 heteroatoms. The van der Waals surface area contributed by atoms with Gasteiger partial charge in [0.15, 0.2) is 0 Å². The van der Waals surface area contributed by atoms with Crippen LogP contribution in [-0.2, 0) is 4.79 Å². The summed E-state index contributed by atoms with van der Waals surface area (Å²) in [6.45, 7) is -0.0593. The van der Waals surface area contributed by atoms with Gasteiger partial charge < -0.3 is 10.4 Å². The molecule has 0 bridgehead atoms. The van der Waals surface area contributed by atoms with Crippen LogP contribution in [-0.4, -0.2) is 29.1 Å². The van der Waals surface area contributed by atoms with Crippen LogP contribution in [0.15, 0.2) is 30.3 Å². The molecule has 1 fully saturated rings. The van der Waals surface area contributed by atoms with Gasteiger partial charge in [-0.3, -0.25) is 4.79 Å². The van der Waals surface area contributed by atoms with Crippen molar-refractivity contribution >= 4 is 17.7 Å². The maximum atomic E-state index is 12.0. The van der Waals surface area contributed by atoms with Gasteiger partial charge in [-0.05, 0) is 35.8 Å².